The first kappa shape index (κ1) is 23.1. The zero-order valence-corrected chi connectivity index (χ0v) is 19.3. The minimum atomic E-state index is -0.0514. The Labute approximate surface area is 199 Å². The van der Waals surface area contributed by atoms with Crippen LogP contribution in [0.4, 0.5) is 5.69 Å². The fourth-order valence-corrected chi connectivity index (χ4v) is 4.78. The van der Waals surface area contributed by atoms with E-state index in [0.717, 1.165) is 63.6 Å². The molecule has 1 aliphatic carbocycles. The Morgan fingerprint density at radius 1 is 1.06 bits per heavy atom. The van der Waals surface area contributed by atoms with Crippen LogP contribution in [0.5, 0.6) is 5.75 Å². The van der Waals surface area contributed by atoms with Crippen molar-refractivity contribution >= 4 is 29.5 Å². The molecule has 1 aliphatic heterocycles. The lowest BCUT2D eigenvalue weighted by Crippen LogP contribution is -2.39. The molecule has 0 atom stereocenters. The van der Waals surface area contributed by atoms with Crippen molar-refractivity contribution in [1.29, 1.82) is 5.26 Å². The minimum absolute atomic E-state index is 0.0514. The van der Waals surface area contributed by atoms with Gasteiger partial charge < -0.3 is 19.7 Å². The molecular formula is C26H28ClN3O3. The molecule has 1 amide bonds. The lowest BCUT2D eigenvalue weighted by Gasteiger charge is -2.31. The van der Waals surface area contributed by atoms with Gasteiger partial charge >= 0.3 is 0 Å². The number of nitrogens with one attached hydrogen (secondary N) is 1. The van der Waals surface area contributed by atoms with Crippen LogP contribution in [0.25, 0.3) is 0 Å². The van der Waals surface area contributed by atoms with Crippen molar-refractivity contribution in [3.05, 3.63) is 58.6 Å². The van der Waals surface area contributed by atoms with Gasteiger partial charge in [-0.15, -0.1) is 0 Å². The monoisotopic (exact) mass is 465 g/mol. The lowest BCUT2D eigenvalue weighted by atomic mass is 9.92. The van der Waals surface area contributed by atoms with Gasteiger partial charge in [0.05, 0.1) is 16.7 Å². The Kier molecular flexibility index (Phi) is 7.51. The highest BCUT2D eigenvalue weighted by Crippen LogP contribution is 2.28. The van der Waals surface area contributed by atoms with Crippen LogP contribution in [-0.2, 0) is 4.79 Å². The molecule has 172 valence electrons. The molecule has 7 heteroatoms. The average Bonchev–Trinajstić information content (AvgIpc) is 2.85. The van der Waals surface area contributed by atoms with Crippen LogP contribution >= 0.6 is 11.6 Å². The van der Waals surface area contributed by atoms with Crippen LogP contribution in [0.3, 0.4) is 0 Å². The molecule has 2 fully saturated rings. The van der Waals surface area contributed by atoms with E-state index < -0.39 is 0 Å². The van der Waals surface area contributed by atoms with Gasteiger partial charge in [-0.05, 0) is 74.9 Å². The Morgan fingerprint density at radius 3 is 2.36 bits per heavy atom. The molecule has 2 aliphatic rings. The van der Waals surface area contributed by atoms with Gasteiger partial charge in [-0.1, -0.05) is 11.6 Å². The number of piperidine rings is 1. The number of halogens is 1. The number of amides is 1. The van der Waals surface area contributed by atoms with Crippen LogP contribution in [-0.4, -0.2) is 37.4 Å². The van der Waals surface area contributed by atoms with E-state index in [9.17, 15) is 9.59 Å². The standard InChI is InChI=1S/C26H28ClN3O3/c27-25-15-24(8-3-20(25)16-28)33-23-9-4-21(5-10-23)29-26(32)19-1-6-22(7-2-19)30-13-11-18(17-31)12-14-30/h1-3,6-8,15,17-18,21,23H,4-5,9-14H2,(H,29,32). The Bertz CT molecular complexity index is 1020. The highest BCUT2D eigenvalue weighted by atomic mass is 35.5. The van der Waals surface area contributed by atoms with Gasteiger partial charge in [0.2, 0.25) is 0 Å². The maximum absolute atomic E-state index is 12.7. The van der Waals surface area contributed by atoms with E-state index in [4.69, 9.17) is 21.6 Å². The minimum Gasteiger partial charge on any atom is -0.490 e. The molecule has 0 spiro atoms. The van der Waals surface area contributed by atoms with Crippen molar-refractivity contribution in [3.63, 3.8) is 0 Å². The van der Waals surface area contributed by atoms with Crippen molar-refractivity contribution in [3.8, 4) is 11.8 Å². The van der Waals surface area contributed by atoms with Gasteiger partial charge in [0.25, 0.3) is 5.91 Å². The molecule has 1 saturated heterocycles. The fraction of sp³-hybridized carbons (Fsp3) is 0.423. The summed E-state index contributed by atoms with van der Waals surface area (Å²) < 4.78 is 6.03. The zero-order valence-electron chi connectivity index (χ0n) is 18.5. The predicted molar refractivity (Wildman–Crippen MR) is 128 cm³/mol. The number of carbonyl (C=O) groups excluding carboxylic acids is 2. The van der Waals surface area contributed by atoms with Crippen molar-refractivity contribution in [2.45, 2.75) is 50.7 Å². The number of hydrogen-bond acceptors (Lipinski definition) is 5. The molecule has 33 heavy (non-hydrogen) atoms. The normalized spacial score (nSPS) is 21.2. The van der Waals surface area contributed by atoms with Gasteiger partial charge in [-0.3, -0.25) is 4.79 Å². The van der Waals surface area contributed by atoms with Gasteiger partial charge in [0.15, 0.2) is 0 Å². The number of nitriles is 1. The first-order chi connectivity index (χ1) is 16.1. The molecule has 0 radical (unpaired) electrons. The number of benzene rings is 2. The third kappa shape index (κ3) is 5.85. The molecule has 2 aromatic carbocycles. The van der Waals surface area contributed by atoms with Gasteiger partial charge in [0.1, 0.15) is 18.1 Å². The van der Waals surface area contributed by atoms with Gasteiger partial charge in [0, 0.05) is 42.4 Å². The molecular weight excluding hydrogens is 438 g/mol. The van der Waals surface area contributed by atoms with Crippen molar-refractivity contribution in [2.24, 2.45) is 5.92 Å². The molecule has 0 unspecified atom stereocenters. The average molecular weight is 466 g/mol. The summed E-state index contributed by atoms with van der Waals surface area (Å²) in [5.74, 6) is 0.792. The summed E-state index contributed by atoms with van der Waals surface area (Å²) in [7, 11) is 0. The smallest absolute Gasteiger partial charge is 0.251 e. The Morgan fingerprint density at radius 2 is 1.76 bits per heavy atom. The van der Waals surface area contributed by atoms with Crippen LogP contribution in [0.1, 0.15) is 54.4 Å². The first-order valence-corrected chi connectivity index (χ1v) is 11.9. The molecule has 0 bridgehead atoms. The topological polar surface area (TPSA) is 82.4 Å². The van der Waals surface area contributed by atoms with Crippen LogP contribution in [0, 0.1) is 17.2 Å². The summed E-state index contributed by atoms with van der Waals surface area (Å²) in [6.45, 7) is 1.74. The quantitative estimate of drug-likeness (QED) is 0.622. The number of nitrogens with zero attached hydrogens (tertiary/aromatic N) is 2. The van der Waals surface area contributed by atoms with Crippen LogP contribution < -0.4 is 15.0 Å². The molecule has 1 heterocycles. The third-order valence-corrected chi connectivity index (χ3v) is 6.91. The molecule has 6 nitrogen and oxygen atoms in total. The number of carbonyl (C=O) groups is 2. The highest BCUT2D eigenvalue weighted by Gasteiger charge is 2.24. The molecule has 2 aromatic rings. The fourth-order valence-electron chi connectivity index (χ4n) is 4.56. The second-order valence-corrected chi connectivity index (χ2v) is 9.23. The highest BCUT2D eigenvalue weighted by molar-refractivity contribution is 6.31. The van der Waals surface area contributed by atoms with E-state index in [2.05, 4.69) is 10.2 Å². The van der Waals surface area contributed by atoms with E-state index in [1.165, 1.54) is 0 Å². The Balaban J connectivity index is 1.24. The lowest BCUT2D eigenvalue weighted by molar-refractivity contribution is -0.111. The zero-order chi connectivity index (χ0) is 23.2. The maximum Gasteiger partial charge on any atom is 0.251 e. The summed E-state index contributed by atoms with van der Waals surface area (Å²) in [6, 6.07) is 15.0. The second kappa shape index (κ2) is 10.7. The Hall–Kier alpha value is -3.04. The van der Waals surface area contributed by atoms with E-state index >= 15 is 0 Å². The number of hydrogen-bond donors (Lipinski definition) is 1. The molecule has 0 aromatic heterocycles. The summed E-state index contributed by atoms with van der Waals surface area (Å²) >= 11 is 6.09. The largest absolute Gasteiger partial charge is 0.490 e. The number of anilines is 1. The van der Waals surface area contributed by atoms with Gasteiger partial charge in [-0.2, -0.15) is 5.26 Å². The predicted octanol–water partition coefficient (Wildman–Crippen LogP) is 4.75. The molecule has 4 rings (SSSR count). The maximum atomic E-state index is 12.7. The summed E-state index contributed by atoms with van der Waals surface area (Å²) in [6.07, 6.45) is 6.30. The summed E-state index contributed by atoms with van der Waals surface area (Å²) in [4.78, 5) is 25.9. The van der Waals surface area contributed by atoms with Crippen LogP contribution in [0.2, 0.25) is 5.02 Å². The third-order valence-electron chi connectivity index (χ3n) is 6.60. The SMILES string of the molecule is N#Cc1ccc(OC2CCC(NC(=O)c3ccc(N4CCC(C=O)CC4)cc3)CC2)cc1Cl. The van der Waals surface area contributed by atoms with E-state index in [0.29, 0.717) is 21.9 Å². The van der Waals surface area contributed by atoms with E-state index in [1.807, 2.05) is 30.3 Å². The molecule has 1 N–H and O–H groups in total. The van der Waals surface area contributed by atoms with Gasteiger partial charge in [-0.25, -0.2) is 0 Å². The number of ether oxygens (including phenoxy) is 1. The number of rotatable bonds is 6. The number of aldehydes is 1. The van der Waals surface area contributed by atoms with E-state index in [-0.39, 0.29) is 24.0 Å². The van der Waals surface area contributed by atoms with Crippen LogP contribution in [0.15, 0.2) is 42.5 Å². The second-order valence-electron chi connectivity index (χ2n) is 8.83. The summed E-state index contributed by atoms with van der Waals surface area (Å²) in [5, 5.41) is 12.5. The van der Waals surface area contributed by atoms with E-state index in [1.54, 1.807) is 18.2 Å². The first-order valence-electron chi connectivity index (χ1n) is 11.5. The van der Waals surface area contributed by atoms with Crippen molar-refractivity contribution < 1.29 is 14.3 Å². The summed E-state index contributed by atoms with van der Waals surface area (Å²) in [5.41, 5.74) is 2.19. The van der Waals surface area contributed by atoms with Crippen molar-refractivity contribution in [1.82, 2.24) is 5.32 Å². The molecule has 1 saturated carbocycles. The van der Waals surface area contributed by atoms with Crippen molar-refractivity contribution in [2.75, 3.05) is 18.0 Å².